The van der Waals surface area contributed by atoms with E-state index in [0.717, 1.165) is 11.8 Å². The molecule has 0 bridgehead atoms. The summed E-state index contributed by atoms with van der Waals surface area (Å²) < 4.78 is 0. The monoisotopic (exact) mass is 214 g/mol. The average molecular weight is 215 g/mol. The number of halogens is 1. The summed E-state index contributed by atoms with van der Waals surface area (Å²) in [4.78, 5) is 0. The smallest absolute Gasteiger partial charge is 0.0341 e. The summed E-state index contributed by atoms with van der Waals surface area (Å²) in [6, 6.07) is 0. The Hall–Kier alpha value is 0.290. The lowest BCUT2D eigenvalue weighted by atomic mass is 9.66. The normalized spacial score (nSPS) is 49.5. The van der Waals surface area contributed by atoms with Gasteiger partial charge in [-0.05, 0) is 49.4 Å². The van der Waals surface area contributed by atoms with Crippen LogP contribution >= 0.6 is 11.6 Å². The van der Waals surface area contributed by atoms with Crippen molar-refractivity contribution in [2.75, 3.05) is 0 Å². The Balaban J connectivity index is 1.99. The molecule has 2 fully saturated rings. The maximum Gasteiger partial charge on any atom is 0.0341 e. The van der Waals surface area contributed by atoms with Gasteiger partial charge < -0.3 is 0 Å². The van der Waals surface area contributed by atoms with Gasteiger partial charge in [-0.25, -0.2) is 0 Å². The van der Waals surface area contributed by atoms with Crippen molar-refractivity contribution >= 4 is 11.6 Å². The van der Waals surface area contributed by atoms with Crippen LogP contribution in [0.1, 0.15) is 58.8 Å². The van der Waals surface area contributed by atoms with Gasteiger partial charge in [0, 0.05) is 5.38 Å². The zero-order valence-electron chi connectivity index (χ0n) is 9.56. The van der Waals surface area contributed by atoms with Gasteiger partial charge in [0.15, 0.2) is 0 Å². The predicted molar refractivity (Wildman–Crippen MR) is 62.7 cm³/mol. The minimum atomic E-state index is 0.470. The van der Waals surface area contributed by atoms with Crippen molar-refractivity contribution in [2.45, 2.75) is 64.2 Å². The van der Waals surface area contributed by atoms with Gasteiger partial charge in [0.2, 0.25) is 0 Å². The van der Waals surface area contributed by atoms with Gasteiger partial charge in [0.05, 0.1) is 0 Å². The predicted octanol–water partition coefficient (Wildman–Crippen LogP) is 4.61. The lowest BCUT2D eigenvalue weighted by Gasteiger charge is -2.39. The molecule has 1 heteroatoms. The first-order valence-corrected chi connectivity index (χ1v) is 6.68. The lowest BCUT2D eigenvalue weighted by Crippen LogP contribution is -2.29. The SMILES string of the molecule is CC1CCCC(C2(C)CCC(Cl)C2)C1. The van der Waals surface area contributed by atoms with Crippen LogP contribution in [0.15, 0.2) is 0 Å². The fourth-order valence-electron chi connectivity index (χ4n) is 3.63. The summed E-state index contributed by atoms with van der Waals surface area (Å²) in [5, 5.41) is 0.470. The molecule has 0 nitrogen and oxygen atoms in total. The molecule has 0 amide bonds. The van der Waals surface area contributed by atoms with E-state index in [2.05, 4.69) is 13.8 Å². The van der Waals surface area contributed by atoms with Crippen molar-refractivity contribution in [3.8, 4) is 0 Å². The molecule has 0 N–H and O–H groups in total. The van der Waals surface area contributed by atoms with E-state index in [-0.39, 0.29) is 0 Å². The summed E-state index contributed by atoms with van der Waals surface area (Å²) in [6.45, 7) is 4.90. The molecule has 2 rings (SSSR count). The summed E-state index contributed by atoms with van der Waals surface area (Å²) in [5.74, 6) is 1.93. The minimum Gasteiger partial charge on any atom is -0.123 e. The van der Waals surface area contributed by atoms with E-state index in [1.807, 2.05) is 0 Å². The summed E-state index contributed by atoms with van der Waals surface area (Å²) in [7, 11) is 0. The molecule has 4 atom stereocenters. The van der Waals surface area contributed by atoms with Crippen molar-refractivity contribution in [1.29, 1.82) is 0 Å². The number of hydrogen-bond acceptors (Lipinski definition) is 0. The molecule has 0 aliphatic heterocycles. The highest BCUT2D eigenvalue weighted by Crippen LogP contribution is 2.51. The van der Waals surface area contributed by atoms with E-state index >= 15 is 0 Å². The number of rotatable bonds is 1. The quantitative estimate of drug-likeness (QED) is 0.560. The van der Waals surface area contributed by atoms with Crippen molar-refractivity contribution in [3.05, 3.63) is 0 Å². The van der Waals surface area contributed by atoms with Gasteiger partial charge in [0.1, 0.15) is 0 Å². The molecular weight excluding hydrogens is 192 g/mol. The Kier molecular flexibility index (Phi) is 3.12. The largest absolute Gasteiger partial charge is 0.123 e. The van der Waals surface area contributed by atoms with E-state index in [1.165, 1.54) is 44.9 Å². The highest BCUT2D eigenvalue weighted by Gasteiger charge is 2.41. The molecule has 0 aromatic rings. The molecule has 0 radical (unpaired) electrons. The number of alkyl halides is 1. The van der Waals surface area contributed by atoms with Gasteiger partial charge >= 0.3 is 0 Å². The fourth-order valence-corrected chi connectivity index (χ4v) is 4.10. The van der Waals surface area contributed by atoms with E-state index < -0.39 is 0 Å². The van der Waals surface area contributed by atoms with Gasteiger partial charge in [-0.1, -0.05) is 26.7 Å². The second-order valence-corrected chi connectivity index (χ2v) is 6.58. The van der Waals surface area contributed by atoms with Crippen molar-refractivity contribution in [3.63, 3.8) is 0 Å². The molecule has 2 aliphatic carbocycles. The maximum atomic E-state index is 6.25. The molecule has 14 heavy (non-hydrogen) atoms. The van der Waals surface area contributed by atoms with Gasteiger partial charge in [-0.15, -0.1) is 11.6 Å². The molecule has 2 saturated carbocycles. The third-order valence-corrected chi connectivity index (χ3v) is 5.01. The summed E-state index contributed by atoms with van der Waals surface area (Å²) in [6.07, 6.45) is 9.73. The highest BCUT2D eigenvalue weighted by atomic mass is 35.5. The third kappa shape index (κ3) is 2.10. The van der Waals surface area contributed by atoms with Crippen LogP contribution in [0.2, 0.25) is 0 Å². The van der Waals surface area contributed by atoms with Crippen LogP contribution in [-0.2, 0) is 0 Å². The van der Waals surface area contributed by atoms with Crippen molar-refractivity contribution in [2.24, 2.45) is 17.3 Å². The van der Waals surface area contributed by atoms with Crippen LogP contribution < -0.4 is 0 Å². The van der Waals surface area contributed by atoms with Crippen LogP contribution in [0.3, 0.4) is 0 Å². The van der Waals surface area contributed by atoms with E-state index in [1.54, 1.807) is 0 Å². The number of hydrogen-bond donors (Lipinski definition) is 0. The standard InChI is InChI=1S/C13H23Cl/c1-10-4-3-5-11(8-10)13(2)7-6-12(14)9-13/h10-12H,3-9H2,1-2H3. The van der Waals surface area contributed by atoms with E-state index in [0.29, 0.717) is 10.8 Å². The first-order chi connectivity index (χ1) is 6.60. The first kappa shape index (κ1) is 10.8. The maximum absolute atomic E-state index is 6.25. The lowest BCUT2D eigenvalue weighted by molar-refractivity contribution is 0.119. The first-order valence-electron chi connectivity index (χ1n) is 6.24. The molecule has 0 spiro atoms. The zero-order valence-corrected chi connectivity index (χ0v) is 10.3. The van der Waals surface area contributed by atoms with Crippen molar-refractivity contribution < 1.29 is 0 Å². The van der Waals surface area contributed by atoms with E-state index in [9.17, 15) is 0 Å². The molecule has 82 valence electrons. The van der Waals surface area contributed by atoms with Crippen LogP contribution in [-0.4, -0.2) is 5.38 Å². The molecule has 4 unspecified atom stereocenters. The zero-order chi connectivity index (χ0) is 10.2. The topological polar surface area (TPSA) is 0 Å². The third-order valence-electron chi connectivity index (χ3n) is 4.64. The van der Waals surface area contributed by atoms with Crippen LogP contribution in [0.5, 0.6) is 0 Å². The molecular formula is C13H23Cl. The molecule has 0 heterocycles. The van der Waals surface area contributed by atoms with Gasteiger partial charge in [0.25, 0.3) is 0 Å². The van der Waals surface area contributed by atoms with Crippen LogP contribution in [0.25, 0.3) is 0 Å². The Bertz CT molecular complexity index is 201. The molecule has 0 saturated heterocycles. The second kappa shape index (κ2) is 4.04. The highest BCUT2D eigenvalue weighted by molar-refractivity contribution is 6.20. The van der Waals surface area contributed by atoms with Crippen LogP contribution in [0, 0.1) is 17.3 Å². The van der Waals surface area contributed by atoms with Crippen LogP contribution in [0.4, 0.5) is 0 Å². The Morgan fingerprint density at radius 2 is 2.00 bits per heavy atom. The second-order valence-electron chi connectivity index (χ2n) is 5.96. The van der Waals surface area contributed by atoms with Crippen molar-refractivity contribution in [1.82, 2.24) is 0 Å². The molecule has 0 aromatic carbocycles. The van der Waals surface area contributed by atoms with Gasteiger partial charge in [-0.3, -0.25) is 0 Å². The van der Waals surface area contributed by atoms with Gasteiger partial charge in [-0.2, -0.15) is 0 Å². The Morgan fingerprint density at radius 1 is 1.21 bits per heavy atom. The Morgan fingerprint density at radius 3 is 2.57 bits per heavy atom. The minimum absolute atomic E-state index is 0.470. The van der Waals surface area contributed by atoms with E-state index in [4.69, 9.17) is 11.6 Å². The summed E-state index contributed by atoms with van der Waals surface area (Å²) >= 11 is 6.25. The average Bonchev–Trinajstić information content (AvgIpc) is 2.48. The summed E-state index contributed by atoms with van der Waals surface area (Å²) in [5.41, 5.74) is 0.584. The Labute approximate surface area is 93.4 Å². The fraction of sp³-hybridized carbons (Fsp3) is 1.00. The molecule has 2 aliphatic rings. The molecule has 0 aromatic heterocycles.